The van der Waals surface area contributed by atoms with Gasteiger partial charge in [-0.2, -0.15) is 4.31 Å². The molecule has 0 radical (unpaired) electrons. The first-order valence-corrected chi connectivity index (χ1v) is 10.6. The third-order valence-corrected chi connectivity index (χ3v) is 6.12. The number of nitrogens with zero attached hydrogens (tertiary/aromatic N) is 3. The highest BCUT2D eigenvalue weighted by molar-refractivity contribution is 7.88. The Kier molecular flexibility index (Phi) is 7.02. The lowest BCUT2D eigenvalue weighted by Crippen LogP contribution is -2.52. The van der Waals surface area contributed by atoms with Crippen LogP contribution in [0.15, 0.2) is 18.2 Å². The van der Waals surface area contributed by atoms with Crippen molar-refractivity contribution >= 4 is 21.6 Å². The maximum Gasteiger partial charge on any atom is 0.238 e. The summed E-state index contributed by atoms with van der Waals surface area (Å²) in [5.41, 5.74) is 3.72. The van der Waals surface area contributed by atoms with Crippen LogP contribution in [0.1, 0.15) is 11.1 Å². The second-order valence-electron chi connectivity index (χ2n) is 6.68. The first kappa shape index (κ1) is 20.7. The number of ether oxygens (including phenoxy) is 1. The summed E-state index contributed by atoms with van der Waals surface area (Å²) in [7, 11) is -1.93. The van der Waals surface area contributed by atoms with E-state index in [4.69, 9.17) is 4.74 Å². The van der Waals surface area contributed by atoms with Gasteiger partial charge >= 0.3 is 0 Å². The number of anilines is 1. The molecule has 0 atom stereocenters. The van der Waals surface area contributed by atoms with Gasteiger partial charge in [0, 0.05) is 45.5 Å². The van der Waals surface area contributed by atoms with Gasteiger partial charge < -0.3 is 14.5 Å². The Morgan fingerprint density at radius 1 is 1.19 bits per heavy atom. The van der Waals surface area contributed by atoms with Crippen molar-refractivity contribution < 1.29 is 17.9 Å². The van der Waals surface area contributed by atoms with E-state index in [1.165, 1.54) is 28.2 Å². The monoisotopic (exact) mass is 383 g/mol. The van der Waals surface area contributed by atoms with Crippen molar-refractivity contribution in [3.8, 4) is 0 Å². The summed E-state index contributed by atoms with van der Waals surface area (Å²) in [6, 6.07) is 6.25. The van der Waals surface area contributed by atoms with Crippen LogP contribution in [-0.4, -0.2) is 82.8 Å². The number of methoxy groups -OCH3 is 1. The van der Waals surface area contributed by atoms with Gasteiger partial charge in [-0.05, 0) is 31.0 Å². The molecule has 1 saturated heterocycles. The Hall–Kier alpha value is -1.64. The van der Waals surface area contributed by atoms with Crippen molar-refractivity contribution in [2.75, 3.05) is 64.1 Å². The summed E-state index contributed by atoms with van der Waals surface area (Å²) >= 11 is 0. The molecule has 1 aliphatic rings. The van der Waals surface area contributed by atoms with E-state index in [0.29, 0.717) is 13.1 Å². The molecule has 1 fully saturated rings. The second kappa shape index (κ2) is 8.83. The summed E-state index contributed by atoms with van der Waals surface area (Å²) in [5, 5.41) is 0. The number of hydrogen-bond acceptors (Lipinski definition) is 5. The fourth-order valence-corrected chi connectivity index (χ4v) is 3.83. The summed E-state index contributed by atoms with van der Waals surface area (Å²) in [5.74, 6) is -0.160. The fourth-order valence-electron chi connectivity index (χ4n) is 3.08. The summed E-state index contributed by atoms with van der Waals surface area (Å²) in [4.78, 5) is 16.6. The smallest absolute Gasteiger partial charge is 0.238 e. The van der Waals surface area contributed by atoms with Crippen LogP contribution in [0, 0.1) is 13.8 Å². The van der Waals surface area contributed by atoms with Crippen LogP contribution in [0.25, 0.3) is 0 Å². The lowest BCUT2D eigenvalue weighted by Gasteiger charge is -2.37. The van der Waals surface area contributed by atoms with Gasteiger partial charge in [0.2, 0.25) is 15.9 Å². The van der Waals surface area contributed by atoms with Gasteiger partial charge in [-0.3, -0.25) is 4.79 Å². The molecular weight excluding hydrogens is 354 g/mol. The number of sulfonamides is 1. The largest absolute Gasteiger partial charge is 0.383 e. The average Bonchev–Trinajstić information content (AvgIpc) is 2.60. The first-order valence-electron chi connectivity index (χ1n) is 8.77. The SMILES string of the molecule is COCCN(CC(=O)N1CCN(c2cccc(C)c2C)CC1)S(C)(=O)=O. The second-order valence-corrected chi connectivity index (χ2v) is 8.66. The average molecular weight is 384 g/mol. The van der Waals surface area contributed by atoms with Crippen LogP contribution in [0.3, 0.4) is 0 Å². The van der Waals surface area contributed by atoms with Crippen molar-refractivity contribution in [1.29, 1.82) is 0 Å². The molecule has 0 N–H and O–H groups in total. The minimum atomic E-state index is -3.44. The summed E-state index contributed by atoms with van der Waals surface area (Å²) in [6.07, 6.45) is 1.12. The highest BCUT2D eigenvalue weighted by Gasteiger charge is 2.26. The highest BCUT2D eigenvalue weighted by atomic mass is 32.2. The molecule has 0 aromatic heterocycles. The molecule has 26 heavy (non-hydrogen) atoms. The van der Waals surface area contributed by atoms with Crippen LogP contribution >= 0.6 is 0 Å². The molecule has 0 bridgehead atoms. The molecule has 1 aromatic rings. The molecule has 1 aliphatic heterocycles. The van der Waals surface area contributed by atoms with Gasteiger partial charge in [-0.1, -0.05) is 12.1 Å². The Bertz CT molecular complexity index is 728. The molecule has 0 saturated carbocycles. The third kappa shape index (κ3) is 5.18. The van der Waals surface area contributed by atoms with Gasteiger partial charge in [0.1, 0.15) is 0 Å². The Morgan fingerprint density at radius 2 is 1.85 bits per heavy atom. The fraction of sp³-hybridized carbons (Fsp3) is 0.611. The van der Waals surface area contributed by atoms with Crippen molar-refractivity contribution in [1.82, 2.24) is 9.21 Å². The van der Waals surface area contributed by atoms with Gasteiger partial charge in [-0.15, -0.1) is 0 Å². The molecule has 2 rings (SSSR count). The zero-order valence-electron chi connectivity index (χ0n) is 16.1. The predicted molar refractivity (Wildman–Crippen MR) is 103 cm³/mol. The van der Waals surface area contributed by atoms with Gasteiger partial charge in [-0.25, -0.2) is 8.42 Å². The molecular formula is C18H29N3O4S. The quantitative estimate of drug-likeness (QED) is 0.698. The number of carbonyl (C=O) groups is 1. The third-order valence-electron chi connectivity index (χ3n) is 4.87. The standard InChI is InChI=1S/C18H29N3O4S/c1-15-6-5-7-17(16(15)2)19-8-10-20(11-9-19)18(22)14-21(12-13-25-3)26(4,23)24/h5-7H,8-14H2,1-4H3. The lowest BCUT2D eigenvalue weighted by molar-refractivity contribution is -0.131. The van der Waals surface area contributed by atoms with E-state index in [1.807, 2.05) is 0 Å². The first-order chi connectivity index (χ1) is 12.2. The van der Waals surface area contributed by atoms with Crippen LogP contribution < -0.4 is 4.90 Å². The lowest BCUT2D eigenvalue weighted by atomic mass is 10.1. The van der Waals surface area contributed by atoms with Crippen LogP contribution in [0.5, 0.6) is 0 Å². The van der Waals surface area contributed by atoms with Crippen LogP contribution in [0.4, 0.5) is 5.69 Å². The normalized spacial score (nSPS) is 15.6. The Balaban J connectivity index is 1.96. The van der Waals surface area contributed by atoms with E-state index >= 15 is 0 Å². The van der Waals surface area contributed by atoms with Crippen molar-refractivity contribution in [3.63, 3.8) is 0 Å². The summed E-state index contributed by atoms with van der Waals surface area (Å²) < 4.78 is 29.8. The zero-order valence-corrected chi connectivity index (χ0v) is 16.9. The maximum atomic E-state index is 12.5. The van der Waals surface area contributed by atoms with Gasteiger partial charge in [0.05, 0.1) is 19.4 Å². The van der Waals surface area contributed by atoms with Crippen LogP contribution in [-0.2, 0) is 19.6 Å². The van der Waals surface area contributed by atoms with E-state index in [2.05, 4.69) is 36.9 Å². The molecule has 1 aromatic carbocycles. The number of rotatable bonds is 7. The van der Waals surface area contributed by atoms with Gasteiger partial charge in [0.25, 0.3) is 0 Å². The Morgan fingerprint density at radius 3 is 2.42 bits per heavy atom. The molecule has 7 nitrogen and oxygen atoms in total. The minimum Gasteiger partial charge on any atom is -0.383 e. The van der Waals surface area contributed by atoms with Crippen molar-refractivity contribution in [2.45, 2.75) is 13.8 Å². The van der Waals surface area contributed by atoms with Gasteiger partial charge in [0.15, 0.2) is 0 Å². The molecule has 0 aliphatic carbocycles. The maximum absolute atomic E-state index is 12.5. The number of carbonyl (C=O) groups excluding carboxylic acids is 1. The number of aryl methyl sites for hydroxylation is 1. The minimum absolute atomic E-state index is 0.133. The summed E-state index contributed by atoms with van der Waals surface area (Å²) in [6.45, 7) is 7.19. The highest BCUT2D eigenvalue weighted by Crippen LogP contribution is 2.23. The number of amides is 1. The van der Waals surface area contributed by atoms with E-state index < -0.39 is 10.0 Å². The molecule has 1 amide bonds. The predicted octanol–water partition coefficient (Wildman–Crippen LogP) is 0.860. The molecule has 0 spiro atoms. The van der Waals surface area contributed by atoms with Crippen molar-refractivity contribution in [2.24, 2.45) is 0 Å². The van der Waals surface area contributed by atoms with E-state index in [9.17, 15) is 13.2 Å². The number of benzene rings is 1. The van der Waals surface area contributed by atoms with Crippen molar-refractivity contribution in [3.05, 3.63) is 29.3 Å². The van der Waals surface area contributed by atoms with E-state index in [0.717, 1.165) is 19.3 Å². The van der Waals surface area contributed by atoms with E-state index in [1.54, 1.807) is 4.90 Å². The van der Waals surface area contributed by atoms with Crippen LogP contribution in [0.2, 0.25) is 0 Å². The topological polar surface area (TPSA) is 70.2 Å². The Labute approximate surface area is 156 Å². The molecule has 8 heteroatoms. The molecule has 0 unspecified atom stereocenters. The number of piperazine rings is 1. The molecule has 146 valence electrons. The number of hydrogen-bond donors (Lipinski definition) is 0. The molecule has 1 heterocycles. The zero-order chi connectivity index (χ0) is 19.3. The van der Waals surface area contributed by atoms with E-state index in [-0.39, 0.29) is 25.6 Å².